The number of nitrogens with zero attached hydrogens (tertiary/aromatic N) is 4. The van der Waals surface area contributed by atoms with Gasteiger partial charge in [0.2, 0.25) is 0 Å². The Labute approximate surface area is 174 Å². The highest BCUT2D eigenvalue weighted by Crippen LogP contribution is 2.53. The summed E-state index contributed by atoms with van der Waals surface area (Å²) in [6, 6.07) is 2.93. The second kappa shape index (κ2) is 7.02. The normalized spacial score (nSPS) is 29.2. The molecule has 0 unspecified atom stereocenters. The number of carbonyl (C=O) groups excluding carboxylic acids is 1. The molecule has 2 aromatic rings. The Morgan fingerprint density at radius 3 is 2.37 bits per heavy atom. The number of hydrogen-bond donors (Lipinski definition) is 1. The molecule has 9 heteroatoms. The first-order chi connectivity index (χ1) is 14.5. The first-order valence-electron chi connectivity index (χ1n) is 10.7. The number of esters is 1. The smallest absolute Gasteiger partial charge is 0.344 e. The zero-order valence-electron chi connectivity index (χ0n) is 17.2. The predicted octanol–water partition coefficient (Wildman–Crippen LogP) is 2.44. The van der Waals surface area contributed by atoms with Crippen molar-refractivity contribution in [3.8, 4) is 0 Å². The van der Waals surface area contributed by atoms with Crippen molar-refractivity contribution in [3.05, 3.63) is 34.0 Å². The van der Waals surface area contributed by atoms with E-state index < -0.39 is 10.9 Å². The third-order valence-corrected chi connectivity index (χ3v) is 7.66. The molecule has 2 bridgehead atoms. The largest absolute Gasteiger partial charge is 0.465 e. The van der Waals surface area contributed by atoms with Crippen LogP contribution < -0.4 is 5.32 Å². The average Bonchev–Trinajstić information content (AvgIpc) is 3.23. The van der Waals surface area contributed by atoms with Crippen LogP contribution in [-0.2, 0) is 10.3 Å². The summed E-state index contributed by atoms with van der Waals surface area (Å²) in [5, 5.41) is 20.4. The number of benzene rings is 1. The van der Waals surface area contributed by atoms with E-state index in [9.17, 15) is 14.9 Å². The molecule has 0 radical (unpaired) electrons. The molecule has 1 N–H and O–H groups in total. The molecule has 4 aliphatic rings. The summed E-state index contributed by atoms with van der Waals surface area (Å²) in [6.07, 6.45) is 8.61. The van der Waals surface area contributed by atoms with Gasteiger partial charge in [-0.05, 0) is 44.6 Å². The van der Waals surface area contributed by atoms with Crippen molar-refractivity contribution in [2.45, 2.75) is 49.6 Å². The molecule has 1 aromatic carbocycles. The zero-order chi connectivity index (χ0) is 20.9. The number of ether oxygens (including phenoxy) is 1. The number of piperazine rings is 1. The van der Waals surface area contributed by atoms with Crippen LogP contribution in [0, 0.1) is 10.1 Å². The lowest BCUT2D eigenvalue weighted by atomic mass is 9.60. The van der Waals surface area contributed by atoms with Crippen molar-refractivity contribution in [1.29, 1.82) is 0 Å². The lowest BCUT2D eigenvalue weighted by Gasteiger charge is -2.58. The Morgan fingerprint density at radius 2 is 1.77 bits per heavy atom. The number of rotatable bonds is 4. The Balaban J connectivity index is 1.46. The fraction of sp³-hybridized carbons (Fsp3) is 0.619. The number of nitrogens with one attached hydrogen (secondary N) is 1. The summed E-state index contributed by atoms with van der Waals surface area (Å²) in [5.41, 5.74) is 0.599. The van der Waals surface area contributed by atoms with Crippen LogP contribution in [0.4, 0.5) is 5.69 Å². The fourth-order valence-electron chi connectivity index (χ4n) is 5.83. The molecule has 4 fully saturated rings. The van der Waals surface area contributed by atoms with Gasteiger partial charge in [-0.3, -0.25) is 19.7 Å². The van der Waals surface area contributed by atoms with Crippen molar-refractivity contribution in [2.75, 3.05) is 33.3 Å². The van der Waals surface area contributed by atoms with Crippen LogP contribution in [0.2, 0.25) is 0 Å². The maximum absolute atomic E-state index is 12.0. The third kappa shape index (κ3) is 2.91. The van der Waals surface area contributed by atoms with Crippen LogP contribution in [0.5, 0.6) is 0 Å². The number of hydrogen-bond acceptors (Lipinski definition) is 7. The molecule has 2 heterocycles. The monoisotopic (exact) mass is 413 g/mol. The van der Waals surface area contributed by atoms with Gasteiger partial charge in [-0.25, -0.2) is 4.79 Å². The van der Waals surface area contributed by atoms with Crippen LogP contribution in [0.25, 0.3) is 10.9 Å². The molecule has 0 spiro atoms. The fourth-order valence-corrected chi connectivity index (χ4v) is 5.83. The van der Waals surface area contributed by atoms with Gasteiger partial charge in [-0.15, -0.1) is 0 Å². The van der Waals surface area contributed by atoms with Crippen molar-refractivity contribution in [3.63, 3.8) is 0 Å². The first-order valence-corrected chi connectivity index (χ1v) is 10.7. The quantitative estimate of drug-likeness (QED) is 0.466. The van der Waals surface area contributed by atoms with E-state index >= 15 is 0 Å². The Hall–Kier alpha value is -2.52. The summed E-state index contributed by atoms with van der Waals surface area (Å²) in [5.74, 6) is -0.715. The Bertz CT molecular complexity index is 986. The lowest BCUT2D eigenvalue weighted by molar-refractivity contribution is -0.385. The van der Waals surface area contributed by atoms with Crippen molar-refractivity contribution >= 4 is 22.6 Å². The van der Waals surface area contributed by atoms with Gasteiger partial charge in [0.15, 0.2) is 0 Å². The van der Waals surface area contributed by atoms with Gasteiger partial charge in [-0.2, -0.15) is 5.10 Å². The molecule has 1 aliphatic heterocycles. The molecule has 0 amide bonds. The third-order valence-electron chi connectivity index (χ3n) is 7.66. The van der Waals surface area contributed by atoms with E-state index in [-0.39, 0.29) is 16.8 Å². The number of carbonyl (C=O) groups is 1. The predicted molar refractivity (Wildman–Crippen MR) is 111 cm³/mol. The minimum absolute atomic E-state index is 0.0327. The highest BCUT2D eigenvalue weighted by molar-refractivity contribution is 5.99. The number of aromatic nitrogens is 2. The van der Waals surface area contributed by atoms with E-state index in [1.54, 1.807) is 0 Å². The zero-order valence-corrected chi connectivity index (χ0v) is 17.2. The first kappa shape index (κ1) is 19.4. The molecule has 0 atom stereocenters. The van der Waals surface area contributed by atoms with Crippen molar-refractivity contribution < 1.29 is 14.5 Å². The summed E-state index contributed by atoms with van der Waals surface area (Å²) in [6.45, 7) is 4.38. The van der Waals surface area contributed by atoms with Gasteiger partial charge >= 0.3 is 5.97 Å². The summed E-state index contributed by atoms with van der Waals surface area (Å²) in [7, 11) is 1.22. The second-order valence-corrected chi connectivity index (χ2v) is 8.94. The Kier molecular flexibility index (Phi) is 4.55. The maximum Gasteiger partial charge on any atom is 0.344 e. The van der Waals surface area contributed by atoms with Gasteiger partial charge in [-0.1, -0.05) is 0 Å². The van der Waals surface area contributed by atoms with Crippen molar-refractivity contribution in [2.24, 2.45) is 0 Å². The summed E-state index contributed by atoms with van der Waals surface area (Å²) < 4.78 is 6.76. The van der Waals surface area contributed by atoms with Crippen LogP contribution in [0.1, 0.15) is 48.9 Å². The van der Waals surface area contributed by atoms with E-state index in [1.807, 2.05) is 10.9 Å². The lowest BCUT2D eigenvalue weighted by Crippen LogP contribution is -2.62. The summed E-state index contributed by atoms with van der Waals surface area (Å²) >= 11 is 0. The number of nitro groups is 1. The van der Waals surface area contributed by atoms with Gasteiger partial charge in [0.1, 0.15) is 5.56 Å². The molecular formula is C21H27N5O4. The molecule has 9 nitrogen and oxygen atoms in total. The second-order valence-electron chi connectivity index (χ2n) is 8.94. The van der Waals surface area contributed by atoms with E-state index in [4.69, 9.17) is 9.84 Å². The number of fused-ring (bicyclic) bond motifs is 4. The molecule has 1 aromatic heterocycles. The molecule has 6 rings (SSSR count). The van der Waals surface area contributed by atoms with Crippen molar-refractivity contribution in [1.82, 2.24) is 20.0 Å². The molecule has 160 valence electrons. The summed E-state index contributed by atoms with van der Waals surface area (Å²) in [4.78, 5) is 25.7. The maximum atomic E-state index is 12.0. The standard InChI is InChI=1S/C21H27N5O4/c1-30-19(27)16-13-17-15(12-18(16)26(28)29)14-25(23-17)21-5-2-20(3-6-21,4-7-21)24-10-8-22-9-11-24/h12-14,22H,2-11H2,1H3. The van der Waals surface area contributed by atoms with Gasteiger partial charge in [0, 0.05) is 49.4 Å². The molecule has 3 saturated carbocycles. The van der Waals surface area contributed by atoms with E-state index in [0.29, 0.717) is 16.4 Å². The van der Waals surface area contributed by atoms with Crippen LogP contribution >= 0.6 is 0 Å². The number of methoxy groups -OCH3 is 1. The van der Waals surface area contributed by atoms with E-state index in [0.717, 1.165) is 64.7 Å². The van der Waals surface area contributed by atoms with Crippen LogP contribution in [-0.4, -0.2) is 64.4 Å². The highest BCUT2D eigenvalue weighted by atomic mass is 16.6. The van der Waals surface area contributed by atoms with Crippen LogP contribution in [0.3, 0.4) is 0 Å². The Morgan fingerprint density at radius 1 is 1.13 bits per heavy atom. The molecule has 30 heavy (non-hydrogen) atoms. The van der Waals surface area contributed by atoms with Gasteiger partial charge < -0.3 is 10.1 Å². The minimum Gasteiger partial charge on any atom is -0.465 e. The average molecular weight is 413 g/mol. The van der Waals surface area contributed by atoms with Crippen LogP contribution in [0.15, 0.2) is 18.3 Å². The van der Waals surface area contributed by atoms with Gasteiger partial charge in [0.05, 0.1) is 23.1 Å². The molecular weight excluding hydrogens is 386 g/mol. The molecule has 3 aliphatic carbocycles. The number of nitro benzene ring substituents is 1. The molecule has 1 saturated heterocycles. The SMILES string of the molecule is COC(=O)c1cc2nn(C34CCC(N5CCNCC5)(CC3)CC4)cc2cc1[N+](=O)[O-]. The van der Waals surface area contributed by atoms with Gasteiger partial charge in [0.25, 0.3) is 5.69 Å². The highest BCUT2D eigenvalue weighted by Gasteiger charge is 2.52. The van der Waals surface area contributed by atoms with E-state index in [2.05, 4.69) is 10.2 Å². The topological polar surface area (TPSA) is 103 Å². The van der Waals surface area contributed by atoms with E-state index in [1.165, 1.54) is 19.2 Å². The minimum atomic E-state index is -0.715.